The van der Waals surface area contributed by atoms with Crippen LogP contribution in [0.1, 0.15) is 0 Å². The number of ether oxygens (including phenoxy) is 1. The molecule has 6 aromatic carbocycles. The van der Waals surface area contributed by atoms with Crippen molar-refractivity contribution in [1.29, 1.82) is 0 Å². The molecule has 276 valence electrons. The molecule has 0 N–H and O–H groups in total. The first-order valence-electron chi connectivity index (χ1n) is 19.6. The van der Waals surface area contributed by atoms with Crippen molar-refractivity contribution < 1.29 is 4.74 Å². The van der Waals surface area contributed by atoms with Crippen molar-refractivity contribution in [3.05, 3.63) is 194 Å². The summed E-state index contributed by atoms with van der Waals surface area (Å²) >= 11 is 0. The van der Waals surface area contributed by atoms with E-state index in [1.165, 1.54) is 0 Å². The van der Waals surface area contributed by atoms with Crippen molar-refractivity contribution in [2.75, 3.05) is 0 Å². The number of rotatable bonds is 6. The van der Waals surface area contributed by atoms with E-state index in [2.05, 4.69) is 142 Å². The lowest BCUT2D eigenvalue weighted by atomic mass is 10.0. The minimum Gasteiger partial charge on any atom is -0.457 e. The molecular weight excluding hydrogens is 725 g/mol. The fourth-order valence-corrected chi connectivity index (χ4v) is 8.65. The van der Waals surface area contributed by atoms with Gasteiger partial charge in [-0.1, -0.05) is 121 Å². The number of nitrogens with zero attached hydrogens (tertiary/aromatic N) is 6. The molecule has 12 rings (SSSR count). The second-order valence-corrected chi connectivity index (χ2v) is 14.7. The van der Waals surface area contributed by atoms with Crippen LogP contribution in [-0.2, 0) is 0 Å². The normalized spacial score (nSPS) is 11.7. The molecule has 7 heteroatoms. The summed E-state index contributed by atoms with van der Waals surface area (Å²) in [7, 11) is 0. The Hall–Kier alpha value is -8.16. The van der Waals surface area contributed by atoms with Crippen LogP contribution in [0.3, 0.4) is 0 Å². The lowest BCUT2D eigenvalue weighted by molar-refractivity contribution is 0.484. The third kappa shape index (κ3) is 5.22. The molecule has 0 fully saturated rings. The quantitative estimate of drug-likeness (QED) is 0.158. The van der Waals surface area contributed by atoms with E-state index < -0.39 is 0 Å². The highest BCUT2D eigenvalue weighted by atomic mass is 16.5. The molecule has 12 aromatic rings. The summed E-state index contributed by atoms with van der Waals surface area (Å²) < 4.78 is 11.3. The first kappa shape index (κ1) is 33.0. The Labute approximate surface area is 338 Å². The van der Waals surface area contributed by atoms with Crippen LogP contribution in [0.25, 0.3) is 99.9 Å². The zero-order valence-corrected chi connectivity index (χ0v) is 31.6. The SMILES string of the molecule is c1ccc(-c2nc3c4cc(Oc5ccc6c(c5)c5nc(-c7ccccc7)c(-c7ccccc7)n5c5cccnc65)ccc4c4ncccc4n3c2-c2ccccc2)cc1. The van der Waals surface area contributed by atoms with Gasteiger partial charge in [0.2, 0.25) is 0 Å². The minimum atomic E-state index is 0.688. The summed E-state index contributed by atoms with van der Waals surface area (Å²) in [6, 6.07) is 62.4. The summed E-state index contributed by atoms with van der Waals surface area (Å²) in [5, 5.41) is 3.89. The zero-order chi connectivity index (χ0) is 38.9. The minimum absolute atomic E-state index is 0.688. The highest BCUT2D eigenvalue weighted by Gasteiger charge is 2.23. The van der Waals surface area contributed by atoms with Crippen LogP contribution in [-0.4, -0.2) is 28.7 Å². The van der Waals surface area contributed by atoms with E-state index in [-0.39, 0.29) is 0 Å². The van der Waals surface area contributed by atoms with Gasteiger partial charge in [-0.3, -0.25) is 18.8 Å². The van der Waals surface area contributed by atoms with Gasteiger partial charge in [-0.25, -0.2) is 9.97 Å². The Balaban J connectivity index is 1.08. The summed E-state index contributed by atoms with van der Waals surface area (Å²) in [4.78, 5) is 20.7. The van der Waals surface area contributed by atoms with E-state index in [1.807, 2.05) is 60.9 Å². The van der Waals surface area contributed by atoms with Gasteiger partial charge in [0, 0.05) is 56.2 Å². The summed E-state index contributed by atoms with van der Waals surface area (Å²) in [6.45, 7) is 0. The van der Waals surface area contributed by atoms with Crippen LogP contribution in [0.5, 0.6) is 11.5 Å². The van der Waals surface area contributed by atoms with Crippen LogP contribution in [0.15, 0.2) is 194 Å². The highest BCUT2D eigenvalue weighted by Crippen LogP contribution is 2.42. The molecular formula is C52H32N6O. The van der Waals surface area contributed by atoms with Gasteiger partial charge in [-0.15, -0.1) is 0 Å². The van der Waals surface area contributed by atoms with Crippen molar-refractivity contribution >= 4 is 54.9 Å². The molecule has 59 heavy (non-hydrogen) atoms. The molecule has 0 aliphatic rings. The van der Waals surface area contributed by atoms with Gasteiger partial charge in [0.05, 0.1) is 44.8 Å². The average Bonchev–Trinajstić information content (AvgIpc) is 3.92. The van der Waals surface area contributed by atoms with E-state index in [9.17, 15) is 0 Å². The second-order valence-electron chi connectivity index (χ2n) is 14.7. The van der Waals surface area contributed by atoms with Gasteiger partial charge in [-0.2, -0.15) is 0 Å². The monoisotopic (exact) mass is 756 g/mol. The fraction of sp³-hybridized carbons (Fsp3) is 0. The summed E-state index contributed by atoms with van der Waals surface area (Å²) in [6.07, 6.45) is 3.71. The van der Waals surface area contributed by atoms with Gasteiger partial charge in [-0.05, 0) is 60.7 Å². The topological polar surface area (TPSA) is 69.6 Å². The molecule has 0 saturated carbocycles. The average molecular weight is 757 g/mol. The predicted octanol–water partition coefficient (Wildman–Crippen LogP) is 12.8. The number of hydrogen-bond acceptors (Lipinski definition) is 5. The van der Waals surface area contributed by atoms with Crippen LogP contribution >= 0.6 is 0 Å². The smallest absolute Gasteiger partial charge is 0.146 e. The van der Waals surface area contributed by atoms with E-state index in [4.69, 9.17) is 24.7 Å². The van der Waals surface area contributed by atoms with Gasteiger partial charge in [0.25, 0.3) is 0 Å². The molecule has 0 atom stereocenters. The Morgan fingerprint density at radius 1 is 0.356 bits per heavy atom. The molecule has 0 spiro atoms. The molecule has 6 heterocycles. The molecule has 7 nitrogen and oxygen atoms in total. The van der Waals surface area contributed by atoms with Gasteiger partial charge in [0.15, 0.2) is 0 Å². The van der Waals surface area contributed by atoms with E-state index in [0.717, 1.165) is 99.9 Å². The number of aromatic nitrogens is 6. The van der Waals surface area contributed by atoms with Crippen LogP contribution in [0.2, 0.25) is 0 Å². The van der Waals surface area contributed by atoms with E-state index in [1.54, 1.807) is 0 Å². The highest BCUT2D eigenvalue weighted by molar-refractivity contribution is 6.13. The zero-order valence-electron chi connectivity index (χ0n) is 31.6. The van der Waals surface area contributed by atoms with E-state index >= 15 is 0 Å². The van der Waals surface area contributed by atoms with Crippen LogP contribution in [0, 0.1) is 0 Å². The molecule has 6 aromatic heterocycles. The van der Waals surface area contributed by atoms with Gasteiger partial charge < -0.3 is 4.74 Å². The van der Waals surface area contributed by atoms with Crippen molar-refractivity contribution in [3.63, 3.8) is 0 Å². The second kappa shape index (κ2) is 13.2. The van der Waals surface area contributed by atoms with Crippen molar-refractivity contribution in [3.8, 4) is 56.5 Å². The Morgan fingerprint density at radius 3 is 1.15 bits per heavy atom. The Kier molecular flexibility index (Phi) is 7.40. The molecule has 0 unspecified atom stereocenters. The van der Waals surface area contributed by atoms with Gasteiger partial charge >= 0.3 is 0 Å². The largest absolute Gasteiger partial charge is 0.457 e. The number of pyridine rings is 4. The predicted molar refractivity (Wildman–Crippen MR) is 238 cm³/mol. The van der Waals surface area contributed by atoms with Gasteiger partial charge in [0.1, 0.15) is 22.8 Å². The maximum atomic E-state index is 6.81. The number of benzene rings is 6. The number of imidazole rings is 2. The molecule has 0 aliphatic carbocycles. The van der Waals surface area contributed by atoms with Crippen molar-refractivity contribution in [2.45, 2.75) is 0 Å². The Morgan fingerprint density at radius 2 is 0.746 bits per heavy atom. The molecule has 0 radical (unpaired) electrons. The maximum absolute atomic E-state index is 6.81. The number of hydrogen-bond donors (Lipinski definition) is 0. The Bertz CT molecular complexity index is 3330. The third-order valence-electron chi connectivity index (χ3n) is 11.2. The lowest BCUT2D eigenvalue weighted by Gasteiger charge is -2.13. The third-order valence-corrected chi connectivity index (χ3v) is 11.2. The molecule has 0 bridgehead atoms. The lowest BCUT2D eigenvalue weighted by Crippen LogP contribution is -1.96. The van der Waals surface area contributed by atoms with Crippen molar-refractivity contribution in [1.82, 2.24) is 28.7 Å². The standard InChI is InChI=1S/C52H32N6O/c1-5-15-33(16-6-1)45-49(35-19-9-3-10-20-35)57-43-23-13-29-53-47(43)39-27-25-37(31-41(39)51(57)55-45)59-38-26-28-40-42(32-38)52-56-46(34-17-7-2-8-18-34)50(36-21-11-4-12-22-36)58(52)44-24-14-30-54-48(40)44/h1-32H. The van der Waals surface area contributed by atoms with E-state index in [0.29, 0.717) is 11.5 Å². The first-order valence-corrected chi connectivity index (χ1v) is 19.6. The first-order chi connectivity index (χ1) is 29.3. The van der Waals surface area contributed by atoms with Crippen LogP contribution < -0.4 is 4.74 Å². The van der Waals surface area contributed by atoms with Crippen molar-refractivity contribution in [2.24, 2.45) is 0 Å². The molecule has 0 saturated heterocycles. The molecule has 0 amide bonds. The summed E-state index contributed by atoms with van der Waals surface area (Å²) in [5.74, 6) is 1.38. The molecule has 0 aliphatic heterocycles. The maximum Gasteiger partial charge on any atom is 0.146 e. The fourth-order valence-electron chi connectivity index (χ4n) is 8.65. The van der Waals surface area contributed by atoms with Crippen LogP contribution in [0.4, 0.5) is 0 Å². The summed E-state index contributed by atoms with van der Waals surface area (Å²) in [5.41, 5.74) is 13.5. The number of fused-ring (bicyclic) bond motifs is 12.